The number of nitrogens with one attached hydrogen (secondary N) is 2. The highest BCUT2D eigenvalue weighted by atomic mass is 35.5. The molecule has 0 spiro atoms. The number of hydrazine groups is 1. The van der Waals surface area contributed by atoms with Gasteiger partial charge in [-0.1, -0.05) is 41.9 Å². The number of aryl methyl sites for hydroxylation is 1. The number of amides is 2. The maximum atomic E-state index is 11.8. The Labute approximate surface area is 134 Å². The lowest BCUT2D eigenvalue weighted by molar-refractivity contribution is -0.121. The minimum atomic E-state index is -0.368. The van der Waals surface area contributed by atoms with Gasteiger partial charge in [0.2, 0.25) is 5.91 Å². The minimum absolute atomic E-state index is 0.210. The summed E-state index contributed by atoms with van der Waals surface area (Å²) in [4.78, 5) is 23.5. The Hall–Kier alpha value is -2.33. The summed E-state index contributed by atoms with van der Waals surface area (Å²) in [6.07, 6.45) is 1.92. The molecule has 2 N–H and O–H groups in total. The summed E-state index contributed by atoms with van der Waals surface area (Å²) < 4.78 is 0. The largest absolute Gasteiger partial charge is 0.273 e. The van der Waals surface area contributed by atoms with E-state index in [1.807, 2.05) is 30.3 Å². The van der Waals surface area contributed by atoms with Gasteiger partial charge in [-0.25, -0.2) is 0 Å². The van der Waals surface area contributed by atoms with Crippen LogP contribution >= 0.6 is 11.6 Å². The molecule has 2 amide bonds. The molecular weight excluding hydrogens is 300 g/mol. The molecule has 0 fully saturated rings. The fraction of sp³-hybridized carbons (Fsp3) is 0.176. The molecule has 0 saturated heterocycles. The third kappa shape index (κ3) is 5.22. The fourth-order valence-electron chi connectivity index (χ4n) is 1.96. The van der Waals surface area contributed by atoms with E-state index in [2.05, 4.69) is 10.9 Å². The molecular formula is C17H17ClN2O2. The summed E-state index contributed by atoms with van der Waals surface area (Å²) in [5, 5.41) is 0.557. The molecule has 0 aliphatic heterocycles. The number of rotatable bonds is 5. The van der Waals surface area contributed by atoms with Crippen LogP contribution in [0.25, 0.3) is 0 Å². The van der Waals surface area contributed by atoms with Crippen molar-refractivity contribution in [2.45, 2.75) is 19.3 Å². The van der Waals surface area contributed by atoms with E-state index in [0.717, 1.165) is 12.8 Å². The van der Waals surface area contributed by atoms with Gasteiger partial charge in [0.1, 0.15) is 0 Å². The third-order valence-corrected chi connectivity index (χ3v) is 3.39. The first kappa shape index (κ1) is 16.0. The highest BCUT2D eigenvalue weighted by Gasteiger charge is 2.07. The van der Waals surface area contributed by atoms with E-state index in [9.17, 15) is 9.59 Å². The van der Waals surface area contributed by atoms with Gasteiger partial charge in [0.05, 0.1) is 0 Å². The average molecular weight is 317 g/mol. The van der Waals surface area contributed by atoms with Crippen LogP contribution in [0, 0.1) is 0 Å². The van der Waals surface area contributed by atoms with E-state index in [1.54, 1.807) is 24.3 Å². The van der Waals surface area contributed by atoms with Crippen molar-refractivity contribution in [3.05, 3.63) is 70.7 Å². The van der Waals surface area contributed by atoms with E-state index in [-0.39, 0.29) is 11.8 Å². The van der Waals surface area contributed by atoms with Gasteiger partial charge in [0, 0.05) is 17.0 Å². The van der Waals surface area contributed by atoms with E-state index < -0.39 is 0 Å². The molecule has 0 unspecified atom stereocenters. The molecule has 114 valence electrons. The van der Waals surface area contributed by atoms with Crippen molar-refractivity contribution >= 4 is 23.4 Å². The SMILES string of the molecule is O=C(CCCc1ccccc1)NNC(=O)c1ccc(Cl)cc1. The second-order valence-corrected chi connectivity index (χ2v) is 5.28. The van der Waals surface area contributed by atoms with Gasteiger partial charge < -0.3 is 0 Å². The van der Waals surface area contributed by atoms with Crippen LogP contribution in [0.15, 0.2) is 54.6 Å². The average Bonchev–Trinajstić information content (AvgIpc) is 2.54. The molecule has 0 aliphatic carbocycles. The van der Waals surface area contributed by atoms with Gasteiger partial charge in [0.25, 0.3) is 5.91 Å². The number of hydrogen-bond acceptors (Lipinski definition) is 2. The Morgan fingerprint density at radius 1 is 0.909 bits per heavy atom. The first-order valence-corrected chi connectivity index (χ1v) is 7.41. The van der Waals surface area contributed by atoms with E-state index in [0.29, 0.717) is 17.0 Å². The van der Waals surface area contributed by atoms with Gasteiger partial charge >= 0.3 is 0 Å². The normalized spacial score (nSPS) is 10.0. The number of carbonyl (C=O) groups excluding carboxylic acids is 2. The molecule has 2 aromatic carbocycles. The fourth-order valence-corrected chi connectivity index (χ4v) is 2.09. The van der Waals surface area contributed by atoms with Crippen LogP contribution in [-0.2, 0) is 11.2 Å². The molecule has 0 aromatic heterocycles. The summed E-state index contributed by atoms with van der Waals surface area (Å²) in [5.41, 5.74) is 6.43. The third-order valence-electron chi connectivity index (χ3n) is 3.13. The Morgan fingerprint density at radius 3 is 2.27 bits per heavy atom. The minimum Gasteiger partial charge on any atom is -0.273 e. The highest BCUT2D eigenvalue weighted by molar-refractivity contribution is 6.30. The molecule has 2 aromatic rings. The van der Waals surface area contributed by atoms with Gasteiger partial charge in [-0.15, -0.1) is 0 Å². The van der Waals surface area contributed by atoms with Crippen LogP contribution in [0.1, 0.15) is 28.8 Å². The van der Waals surface area contributed by atoms with Crippen LogP contribution in [-0.4, -0.2) is 11.8 Å². The summed E-state index contributed by atoms with van der Waals surface area (Å²) in [6, 6.07) is 16.4. The van der Waals surface area contributed by atoms with Gasteiger partial charge in [-0.2, -0.15) is 0 Å². The van der Waals surface area contributed by atoms with Crippen LogP contribution < -0.4 is 10.9 Å². The van der Waals surface area contributed by atoms with Gasteiger partial charge in [0.15, 0.2) is 0 Å². The van der Waals surface area contributed by atoms with Crippen molar-refractivity contribution < 1.29 is 9.59 Å². The molecule has 4 nitrogen and oxygen atoms in total. The standard InChI is InChI=1S/C17H17ClN2O2/c18-15-11-9-14(10-12-15)17(22)20-19-16(21)8-4-7-13-5-2-1-3-6-13/h1-3,5-6,9-12H,4,7-8H2,(H,19,21)(H,20,22). The molecule has 0 heterocycles. The first-order chi connectivity index (χ1) is 10.6. The lowest BCUT2D eigenvalue weighted by atomic mass is 10.1. The van der Waals surface area contributed by atoms with Crippen LogP contribution in [0.3, 0.4) is 0 Å². The summed E-state index contributed by atoms with van der Waals surface area (Å²) in [7, 11) is 0. The predicted molar refractivity (Wildman–Crippen MR) is 86.4 cm³/mol. The lowest BCUT2D eigenvalue weighted by Crippen LogP contribution is -2.41. The van der Waals surface area contributed by atoms with Crippen molar-refractivity contribution in [2.24, 2.45) is 0 Å². The Balaban J connectivity index is 1.69. The second-order valence-electron chi connectivity index (χ2n) is 4.85. The lowest BCUT2D eigenvalue weighted by Gasteiger charge is -2.07. The molecule has 0 saturated carbocycles. The molecule has 22 heavy (non-hydrogen) atoms. The Kier molecular flexibility index (Phi) is 5.98. The molecule has 0 aliphatic rings. The maximum absolute atomic E-state index is 11.8. The maximum Gasteiger partial charge on any atom is 0.269 e. The Bertz CT molecular complexity index is 627. The highest BCUT2D eigenvalue weighted by Crippen LogP contribution is 2.09. The van der Waals surface area contributed by atoms with E-state index in [1.165, 1.54) is 5.56 Å². The van der Waals surface area contributed by atoms with Crippen molar-refractivity contribution in [3.8, 4) is 0 Å². The molecule has 0 radical (unpaired) electrons. The zero-order valence-corrected chi connectivity index (χ0v) is 12.8. The topological polar surface area (TPSA) is 58.2 Å². The quantitative estimate of drug-likeness (QED) is 0.833. The summed E-state index contributed by atoms with van der Waals surface area (Å²) in [5.74, 6) is -0.577. The van der Waals surface area contributed by atoms with E-state index >= 15 is 0 Å². The first-order valence-electron chi connectivity index (χ1n) is 7.04. The number of benzene rings is 2. The predicted octanol–water partition coefficient (Wildman–Crippen LogP) is 3.12. The summed E-state index contributed by atoms with van der Waals surface area (Å²) >= 11 is 5.75. The van der Waals surface area contributed by atoms with Gasteiger partial charge in [-0.05, 0) is 42.7 Å². The molecule has 2 rings (SSSR count). The number of carbonyl (C=O) groups is 2. The number of hydrogen-bond donors (Lipinski definition) is 2. The zero-order chi connectivity index (χ0) is 15.8. The van der Waals surface area contributed by atoms with Gasteiger partial charge in [-0.3, -0.25) is 20.4 Å². The van der Waals surface area contributed by atoms with Crippen molar-refractivity contribution in [3.63, 3.8) is 0 Å². The van der Waals surface area contributed by atoms with Crippen molar-refractivity contribution in [1.29, 1.82) is 0 Å². The van der Waals surface area contributed by atoms with Crippen LogP contribution in [0.2, 0.25) is 5.02 Å². The second kappa shape index (κ2) is 8.20. The van der Waals surface area contributed by atoms with Crippen LogP contribution in [0.5, 0.6) is 0 Å². The zero-order valence-electron chi connectivity index (χ0n) is 12.0. The Morgan fingerprint density at radius 2 is 1.59 bits per heavy atom. The smallest absolute Gasteiger partial charge is 0.269 e. The molecule has 5 heteroatoms. The van der Waals surface area contributed by atoms with E-state index in [4.69, 9.17) is 11.6 Å². The number of halogens is 1. The van der Waals surface area contributed by atoms with Crippen LogP contribution in [0.4, 0.5) is 0 Å². The molecule has 0 bridgehead atoms. The van der Waals surface area contributed by atoms with Crippen molar-refractivity contribution in [2.75, 3.05) is 0 Å². The molecule has 0 atom stereocenters. The summed E-state index contributed by atoms with van der Waals surface area (Å²) in [6.45, 7) is 0. The van der Waals surface area contributed by atoms with Crippen molar-refractivity contribution in [1.82, 2.24) is 10.9 Å². The monoisotopic (exact) mass is 316 g/mol.